The standard InChI is InChI=1S/C24H24BNO2.C18H12BrN.C12H24B2O4.CH3F/c1-23(2)24(3,4)28-25(27-23)17-14-15-20-19-12-8-9-13-21(19)26(22(20)16-17)18-10-6-5-7-11-18;19-13-10-11-16-15-8-4-5-9-17(15)20(18(16)12-13)14-6-2-1-3-7-14;1-9(2)10(3,4)16-13(15-9)14-17-11(5,6)12(7,8)18-14;1-2/h5-16H,1-4H3;1-12H;1-8H3;1H3/i;;;1D. The van der Waals surface area contributed by atoms with Crippen LogP contribution in [0.25, 0.3) is 55.0 Å². The van der Waals surface area contributed by atoms with Crippen LogP contribution in [-0.4, -0.2) is 71.0 Å². The lowest BCUT2D eigenvalue weighted by Crippen LogP contribution is -2.41. The number of para-hydroxylation sites is 4. The molecule has 11 rings (SSSR count). The topological polar surface area (TPSA) is 65.2 Å². The van der Waals surface area contributed by atoms with E-state index in [0.717, 1.165) is 15.6 Å². The van der Waals surface area contributed by atoms with Crippen LogP contribution >= 0.6 is 15.9 Å². The highest BCUT2D eigenvalue weighted by Crippen LogP contribution is 2.43. The average molecular weight is 980 g/mol. The van der Waals surface area contributed by atoms with Crippen molar-refractivity contribution in [3.63, 3.8) is 0 Å². The summed E-state index contributed by atoms with van der Waals surface area (Å²) in [6.45, 7) is 24.6. The molecule has 8 aromatic rings. The van der Waals surface area contributed by atoms with Crippen LogP contribution in [0.3, 0.4) is 0 Å². The molecule has 0 spiro atoms. The number of rotatable bonds is 4. The fourth-order valence-electron chi connectivity index (χ4n) is 8.77. The molecule has 0 bridgehead atoms. The van der Waals surface area contributed by atoms with Crippen LogP contribution in [0, 0.1) is 0 Å². The molecular formula is C55H63B3BrFN2O6. The smallest absolute Gasteiger partial charge is 0.405 e. The number of hydrogen-bond donors (Lipinski definition) is 0. The summed E-state index contributed by atoms with van der Waals surface area (Å²) in [5.41, 5.74) is 6.10. The van der Waals surface area contributed by atoms with Gasteiger partial charge in [0.2, 0.25) is 0 Å². The molecule has 3 aliphatic rings. The van der Waals surface area contributed by atoms with E-state index in [2.05, 4.69) is 186 Å². The van der Waals surface area contributed by atoms with Crippen molar-refractivity contribution in [3.05, 3.63) is 150 Å². The van der Waals surface area contributed by atoms with Crippen molar-refractivity contribution in [2.24, 2.45) is 0 Å². The summed E-state index contributed by atoms with van der Waals surface area (Å²) in [4.78, 5) is 0. The number of fused-ring (bicyclic) bond motifs is 6. The lowest BCUT2D eigenvalue weighted by atomic mass is 9.49. The van der Waals surface area contributed by atoms with Crippen molar-refractivity contribution in [2.75, 3.05) is 7.15 Å². The number of halogens is 2. The van der Waals surface area contributed by atoms with Crippen LogP contribution in [-0.2, 0) is 27.9 Å². The van der Waals surface area contributed by atoms with Crippen molar-refractivity contribution < 1.29 is 33.7 Å². The Balaban J connectivity index is 0.000000140. The minimum atomic E-state index is -1.00. The fraction of sp³-hybridized carbons (Fsp3) is 0.345. The van der Waals surface area contributed by atoms with Gasteiger partial charge in [0.25, 0.3) is 0 Å². The van der Waals surface area contributed by atoms with E-state index in [1.807, 2.05) is 67.5 Å². The minimum Gasteiger partial charge on any atom is -0.405 e. The molecule has 0 unspecified atom stereocenters. The first-order chi connectivity index (χ1) is 32.5. The monoisotopic (exact) mass is 979 g/mol. The number of hydrogen-bond acceptors (Lipinski definition) is 6. The normalized spacial score (nSPS) is 19.6. The van der Waals surface area contributed by atoms with Gasteiger partial charge in [0.15, 0.2) is 0 Å². The molecule has 2 aromatic heterocycles. The molecule has 0 amide bonds. The average Bonchev–Trinajstić information content (AvgIpc) is 4.00. The lowest BCUT2D eigenvalue weighted by Gasteiger charge is -2.32. The lowest BCUT2D eigenvalue weighted by molar-refractivity contribution is 0.00578. The molecule has 5 heterocycles. The Hall–Kier alpha value is -4.72. The van der Waals surface area contributed by atoms with Gasteiger partial charge in [-0.25, -0.2) is 0 Å². The number of benzene rings is 6. The maximum absolute atomic E-state index is 9.96. The van der Waals surface area contributed by atoms with Crippen LogP contribution in [0.15, 0.2) is 150 Å². The second-order valence-corrected chi connectivity index (χ2v) is 21.6. The van der Waals surface area contributed by atoms with Gasteiger partial charge in [-0.1, -0.05) is 107 Å². The van der Waals surface area contributed by atoms with Gasteiger partial charge in [-0.15, -0.1) is 0 Å². The zero-order valence-corrected chi connectivity index (χ0v) is 43.0. The molecule has 3 saturated heterocycles. The molecule has 3 aliphatic heterocycles. The third-order valence-electron chi connectivity index (χ3n) is 14.7. The van der Waals surface area contributed by atoms with Crippen molar-refractivity contribution >= 4 is 86.1 Å². The Morgan fingerprint density at radius 1 is 0.412 bits per heavy atom. The molecular weight excluding hydrogens is 916 g/mol. The Morgan fingerprint density at radius 2 is 0.735 bits per heavy atom. The van der Waals surface area contributed by atoms with E-state index in [-0.39, 0.29) is 40.7 Å². The second kappa shape index (κ2) is 18.6. The first-order valence-electron chi connectivity index (χ1n) is 24.0. The van der Waals surface area contributed by atoms with E-state index in [9.17, 15) is 4.39 Å². The predicted octanol–water partition coefficient (Wildman–Crippen LogP) is 13.5. The summed E-state index contributed by atoms with van der Waals surface area (Å²) in [7, 11) is -2.32. The van der Waals surface area contributed by atoms with Gasteiger partial charge in [0.1, 0.15) is 0 Å². The van der Waals surface area contributed by atoms with E-state index in [1.165, 1.54) is 49.3 Å². The first-order valence-corrected chi connectivity index (χ1v) is 24.1. The summed E-state index contributed by atoms with van der Waals surface area (Å²) < 4.78 is 57.7. The van der Waals surface area contributed by atoms with Crippen LogP contribution in [0.2, 0.25) is 0 Å². The molecule has 0 radical (unpaired) electrons. The Kier molecular flexibility index (Phi) is 13.2. The fourth-order valence-corrected chi connectivity index (χ4v) is 9.12. The molecule has 0 N–H and O–H groups in total. The molecule has 0 atom stereocenters. The maximum Gasteiger partial charge on any atom is 0.494 e. The largest absolute Gasteiger partial charge is 0.494 e. The molecule has 3 fully saturated rings. The highest BCUT2D eigenvalue weighted by Gasteiger charge is 2.63. The van der Waals surface area contributed by atoms with E-state index in [1.54, 1.807) is 0 Å². The van der Waals surface area contributed by atoms with Crippen LogP contribution in [0.1, 0.15) is 84.5 Å². The van der Waals surface area contributed by atoms with Gasteiger partial charge < -0.3 is 37.1 Å². The number of nitrogens with zero attached hydrogens (tertiary/aromatic N) is 2. The van der Waals surface area contributed by atoms with Crippen LogP contribution in [0.4, 0.5) is 4.39 Å². The first kappa shape index (κ1) is 48.3. The van der Waals surface area contributed by atoms with Gasteiger partial charge >= 0.3 is 21.1 Å². The molecule has 0 aliphatic carbocycles. The molecule has 8 nitrogen and oxygen atoms in total. The highest BCUT2D eigenvalue weighted by molar-refractivity contribution is 9.10. The molecule has 6 aromatic carbocycles. The number of alkyl halides is 1. The summed E-state index contributed by atoms with van der Waals surface area (Å²) in [5, 5.41) is 5.06. The Bertz CT molecular complexity index is 3010. The van der Waals surface area contributed by atoms with E-state index in [4.69, 9.17) is 29.3 Å². The molecule has 13 heteroatoms. The summed E-state index contributed by atoms with van der Waals surface area (Å²) in [6, 6.07) is 51.1. The highest BCUT2D eigenvalue weighted by atomic mass is 79.9. The van der Waals surface area contributed by atoms with Crippen molar-refractivity contribution in [2.45, 2.75) is 117 Å². The zero-order chi connectivity index (χ0) is 49.7. The van der Waals surface area contributed by atoms with Gasteiger partial charge in [0, 0.05) is 37.4 Å². The van der Waals surface area contributed by atoms with Gasteiger partial charge in [0.05, 0.1) is 64.2 Å². The summed E-state index contributed by atoms with van der Waals surface area (Å²) in [6.07, 6.45) is 0. The quantitative estimate of drug-likeness (QED) is 0.164. The molecule has 68 heavy (non-hydrogen) atoms. The van der Waals surface area contributed by atoms with Gasteiger partial charge in [-0.2, -0.15) is 0 Å². The van der Waals surface area contributed by atoms with Crippen LogP contribution in [0.5, 0.6) is 0 Å². The maximum atomic E-state index is 9.96. The minimum absolute atomic E-state index is 0.348. The summed E-state index contributed by atoms with van der Waals surface area (Å²) >= 11 is 3.58. The Morgan fingerprint density at radius 3 is 1.15 bits per heavy atom. The molecule has 0 saturated carbocycles. The van der Waals surface area contributed by atoms with E-state index >= 15 is 0 Å². The second-order valence-electron chi connectivity index (χ2n) is 20.7. The SMILES string of the molecule is Brc1ccc2c3ccccc3n(-c3ccccc3)c2c1.CC1(C)OB(B2OC(C)(C)C(C)(C)O2)OC1(C)C.CC1(C)OB(c2ccc3c4ccccc4n(-c4ccccc4)c3c2)OC1(C)C.[2H]CF. The van der Waals surface area contributed by atoms with Gasteiger partial charge in [-0.05, 0) is 143 Å². The van der Waals surface area contributed by atoms with Crippen molar-refractivity contribution in [3.8, 4) is 11.4 Å². The van der Waals surface area contributed by atoms with Gasteiger partial charge in [-0.3, -0.25) is 4.39 Å². The predicted molar refractivity (Wildman–Crippen MR) is 284 cm³/mol. The third kappa shape index (κ3) is 9.12. The number of aromatic nitrogens is 2. The summed E-state index contributed by atoms with van der Waals surface area (Å²) in [5.74, 6) is 0. The molecule has 352 valence electrons. The van der Waals surface area contributed by atoms with E-state index in [0.29, 0.717) is 0 Å². The Labute approximate surface area is 412 Å². The van der Waals surface area contributed by atoms with Crippen molar-refractivity contribution in [1.29, 1.82) is 0 Å². The zero-order valence-electron chi connectivity index (χ0n) is 42.4. The van der Waals surface area contributed by atoms with Crippen molar-refractivity contribution in [1.82, 2.24) is 9.13 Å². The van der Waals surface area contributed by atoms with Crippen LogP contribution < -0.4 is 5.46 Å². The third-order valence-corrected chi connectivity index (χ3v) is 15.1. The van der Waals surface area contributed by atoms with E-state index < -0.39 is 21.2 Å².